The molecule has 0 saturated heterocycles. The van der Waals surface area contributed by atoms with Crippen LogP contribution >= 0.6 is 12.6 Å². The maximum absolute atomic E-state index is 11.5. The number of carbonyl (C=O) groups excluding carboxylic acids is 1. The van der Waals surface area contributed by atoms with Gasteiger partial charge < -0.3 is 0 Å². The Morgan fingerprint density at radius 2 is 1.95 bits per heavy atom. The van der Waals surface area contributed by atoms with Gasteiger partial charge in [-0.05, 0) is 0 Å². The first-order valence-electron chi connectivity index (χ1n) is 5.24. The van der Waals surface area contributed by atoms with Crippen molar-refractivity contribution in [2.24, 2.45) is 0 Å². The topological polar surface area (TPSA) is 107 Å². The van der Waals surface area contributed by atoms with Crippen LogP contribution in [-0.2, 0) is 14.4 Å². The first kappa shape index (κ1) is 18.8. The number of hydrogen-bond acceptors (Lipinski definition) is 5. The molecule has 0 aromatic heterocycles. The number of hydrogen-bond donors (Lipinski definition) is 4. The first-order chi connectivity index (χ1) is 8.84. The fourth-order valence-electron chi connectivity index (χ4n) is 1.08. The van der Waals surface area contributed by atoms with Crippen molar-refractivity contribution in [2.75, 3.05) is 5.75 Å². The van der Waals surface area contributed by atoms with E-state index in [4.69, 9.17) is 10.2 Å². The number of carboxylic acid groups (broad SMARTS) is 2. The molecule has 2 atom stereocenters. The van der Waals surface area contributed by atoms with Crippen molar-refractivity contribution in [1.29, 1.82) is 0 Å². The van der Waals surface area contributed by atoms with Crippen molar-refractivity contribution in [1.82, 2.24) is 8.25 Å². The summed E-state index contributed by atoms with van der Waals surface area (Å²) in [7, 11) is 0. The van der Waals surface area contributed by atoms with Crippen molar-refractivity contribution in [3.63, 3.8) is 0 Å². The van der Waals surface area contributed by atoms with Crippen LogP contribution in [0.3, 0.4) is 0 Å². The van der Waals surface area contributed by atoms with Crippen LogP contribution in [0, 0.1) is 0 Å². The number of nitrogens with zero attached hydrogens (tertiary/aromatic N) is 1. The molecule has 0 radical (unpaired) electrons. The summed E-state index contributed by atoms with van der Waals surface area (Å²) in [6, 6.07) is -1.80. The SMILES string of the molecule is CC(=O)N([Se]N[C@@H](CCS)C(=O)O)[C@@H](C[SeH])C(=O)O. The molecule has 0 aliphatic heterocycles. The molecule has 19 heavy (non-hydrogen) atoms. The van der Waals surface area contributed by atoms with Gasteiger partial charge in [0.25, 0.3) is 0 Å². The summed E-state index contributed by atoms with van der Waals surface area (Å²) in [5.74, 6) is -2.17. The van der Waals surface area contributed by atoms with Gasteiger partial charge in [-0.1, -0.05) is 0 Å². The molecular formula is C9H16N2O5SSe2. The molecule has 10 heteroatoms. The van der Waals surface area contributed by atoms with Crippen molar-refractivity contribution < 1.29 is 24.6 Å². The molecule has 3 N–H and O–H groups in total. The van der Waals surface area contributed by atoms with Gasteiger partial charge in [0.2, 0.25) is 0 Å². The Morgan fingerprint density at radius 3 is 2.26 bits per heavy atom. The molecule has 1 amide bonds. The molecule has 0 saturated carbocycles. The third kappa shape index (κ3) is 6.65. The predicted molar refractivity (Wildman–Crippen MR) is 74.7 cm³/mol. The maximum atomic E-state index is 11.5. The Morgan fingerprint density at radius 1 is 1.37 bits per heavy atom. The molecule has 0 spiro atoms. The summed E-state index contributed by atoms with van der Waals surface area (Å²) < 4.78 is 3.87. The Balaban J connectivity index is 4.71. The van der Waals surface area contributed by atoms with Gasteiger partial charge in [-0.25, -0.2) is 0 Å². The monoisotopic (exact) mass is 424 g/mol. The third-order valence-corrected chi connectivity index (χ3v) is 5.35. The molecule has 0 aliphatic rings. The average molecular weight is 422 g/mol. The van der Waals surface area contributed by atoms with Crippen molar-refractivity contribution in [3.8, 4) is 0 Å². The molecule has 0 heterocycles. The van der Waals surface area contributed by atoms with E-state index in [9.17, 15) is 14.4 Å². The van der Waals surface area contributed by atoms with Crippen LogP contribution in [0.25, 0.3) is 0 Å². The van der Waals surface area contributed by atoms with Crippen LogP contribution in [0.5, 0.6) is 0 Å². The fraction of sp³-hybridized carbons (Fsp3) is 0.667. The number of thiol groups is 1. The summed E-state index contributed by atoms with van der Waals surface area (Å²) in [6.07, 6.45) is 0.297. The first-order valence-corrected chi connectivity index (χ1v) is 8.83. The zero-order chi connectivity index (χ0) is 15.0. The quantitative estimate of drug-likeness (QED) is 0.266. The molecule has 110 valence electrons. The summed E-state index contributed by atoms with van der Waals surface area (Å²) in [5, 5.41) is 18.2. The summed E-state index contributed by atoms with van der Waals surface area (Å²) >= 11 is 5.33. The van der Waals surface area contributed by atoms with E-state index in [1.807, 2.05) is 0 Å². The minimum absolute atomic E-state index is 0.204. The Labute approximate surface area is 131 Å². The second-order valence-electron chi connectivity index (χ2n) is 3.49. The van der Waals surface area contributed by atoms with E-state index < -0.39 is 45.3 Å². The molecule has 0 rings (SSSR count). The van der Waals surface area contributed by atoms with Crippen molar-refractivity contribution in [3.05, 3.63) is 0 Å². The summed E-state index contributed by atoms with van der Waals surface area (Å²) in [5.41, 5.74) is 0. The normalized spacial score (nSPS) is 13.6. The molecular weight excluding hydrogens is 406 g/mol. The van der Waals surface area contributed by atoms with Gasteiger partial charge in [0.15, 0.2) is 0 Å². The van der Waals surface area contributed by atoms with Crippen molar-refractivity contribution >= 4 is 61.9 Å². The number of aliphatic carboxylic acids is 2. The average Bonchev–Trinajstić information content (AvgIpc) is 2.31. The van der Waals surface area contributed by atoms with Crippen LogP contribution in [0.15, 0.2) is 0 Å². The Hall–Kier alpha value is -0.241. The minimum atomic E-state index is -1.11. The van der Waals surface area contributed by atoms with Crippen LogP contribution < -0.4 is 4.33 Å². The number of rotatable bonds is 9. The second-order valence-corrected chi connectivity index (χ2v) is 6.41. The van der Waals surface area contributed by atoms with E-state index in [2.05, 4.69) is 33.0 Å². The van der Waals surface area contributed by atoms with E-state index in [0.29, 0.717) is 12.2 Å². The number of carboxylic acids is 2. The summed E-state index contributed by atoms with van der Waals surface area (Å²) in [6.45, 7) is 1.26. The number of carbonyl (C=O) groups is 3. The van der Waals surface area contributed by atoms with E-state index in [0.717, 1.165) is 3.92 Å². The molecule has 0 aromatic carbocycles. The van der Waals surface area contributed by atoms with E-state index in [-0.39, 0.29) is 5.32 Å². The van der Waals surface area contributed by atoms with E-state index >= 15 is 0 Å². The summed E-state index contributed by atoms with van der Waals surface area (Å²) in [4.78, 5) is 33.4. The van der Waals surface area contributed by atoms with Gasteiger partial charge in [0, 0.05) is 0 Å². The fourth-order valence-corrected chi connectivity index (χ4v) is 4.40. The zero-order valence-corrected chi connectivity index (χ0v) is 14.6. The van der Waals surface area contributed by atoms with Gasteiger partial charge in [-0.15, -0.1) is 0 Å². The van der Waals surface area contributed by atoms with Gasteiger partial charge in [-0.2, -0.15) is 0 Å². The van der Waals surface area contributed by atoms with E-state index in [1.54, 1.807) is 0 Å². The van der Waals surface area contributed by atoms with Crippen LogP contribution in [0.1, 0.15) is 13.3 Å². The molecule has 0 aliphatic carbocycles. The number of nitrogens with one attached hydrogen (secondary N) is 1. The second kappa shape index (κ2) is 9.63. The van der Waals surface area contributed by atoms with Crippen LogP contribution in [0.4, 0.5) is 0 Å². The van der Waals surface area contributed by atoms with Crippen LogP contribution in [0.2, 0.25) is 5.32 Å². The van der Waals surface area contributed by atoms with Gasteiger partial charge in [-0.3, -0.25) is 0 Å². The van der Waals surface area contributed by atoms with Gasteiger partial charge >= 0.3 is 131 Å². The molecule has 0 bridgehead atoms. The standard InChI is InChI=1S/C9H16N2O5SSe2/c1-5(12)11(7(4-18)9(15)16)19-10-6(2-3-17)8(13)14/h6-7,10,17-18H,2-4H2,1H3,(H,13,14)(H,15,16)/t6-,7-/m0/s1. The Kier molecular flexibility index (Phi) is 9.51. The Bertz CT molecular complexity index is 345. The molecule has 0 fully saturated rings. The zero-order valence-electron chi connectivity index (χ0n) is 10.1. The van der Waals surface area contributed by atoms with Crippen molar-refractivity contribution in [2.45, 2.75) is 30.7 Å². The number of amides is 1. The molecule has 7 nitrogen and oxygen atoms in total. The molecule has 0 aromatic rings. The molecule has 0 unspecified atom stereocenters. The van der Waals surface area contributed by atoms with Crippen LogP contribution in [-0.4, -0.2) is 81.2 Å². The van der Waals surface area contributed by atoms with Gasteiger partial charge in [0.05, 0.1) is 0 Å². The van der Waals surface area contributed by atoms with E-state index in [1.165, 1.54) is 6.92 Å². The predicted octanol–water partition coefficient (Wildman–Crippen LogP) is -1.50. The van der Waals surface area contributed by atoms with Gasteiger partial charge in [0.1, 0.15) is 0 Å². The third-order valence-electron chi connectivity index (χ3n) is 2.06.